The molecular formula is C41H44. The number of hydrogen-bond donors (Lipinski definition) is 0. The minimum atomic E-state index is -0.0207. The molecule has 0 amide bonds. The van der Waals surface area contributed by atoms with Gasteiger partial charge in [0.25, 0.3) is 0 Å². The summed E-state index contributed by atoms with van der Waals surface area (Å²) in [5, 5.41) is 0. The van der Waals surface area contributed by atoms with Crippen LogP contribution in [-0.4, -0.2) is 0 Å². The summed E-state index contributed by atoms with van der Waals surface area (Å²) in [7, 11) is 0. The monoisotopic (exact) mass is 536 g/mol. The number of hydrogen-bond acceptors (Lipinski definition) is 0. The average Bonchev–Trinajstić information content (AvgIpc) is 3.58. The fourth-order valence-corrected chi connectivity index (χ4v) is 6.56. The number of rotatable bonds is 4. The smallest absolute Gasteiger partial charge is 0.00773 e. The lowest BCUT2D eigenvalue weighted by atomic mass is 9.75. The molecule has 4 aromatic rings. The van der Waals surface area contributed by atoms with E-state index in [9.17, 15) is 0 Å². The van der Waals surface area contributed by atoms with Gasteiger partial charge in [-0.3, -0.25) is 0 Å². The zero-order valence-electron chi connectivity index (χ0n) is 26.2. The maximum absolute atomic E-state index is 2.51. The van der Waals surface area contributed by atoms with Gasteiger partial charge in [-0.1, -0.05) is 164 Å². The summed E-state index contributed by atoms with van der Waals surface area (Å²) in [5.74, 6) is 0. The maximum Gasteiger partial charge on any atom is 0.00773 e. The molecule has 208 valence electrons. The van der Waals surface area contributed by atoms with Crippen LogP contribution in [0.2, 0.25) is 0 Å². The van der Waals surface area contributed by atoms with Crippen molar-refractivity contribution in [2.45, 2.75) is 79.1 Å². The minimum Gasteiger partial charge on any atom is -0.0614 e. The summed E-state index contributed by atoms with van der Waals surface area (Å²) in [4.78, 5) is 0. The molecule has 0 aromatic heterocycles. The van der Waals surface area contributed by atoms with E-state index in [4.69, 9.17) is 0 Å². The second-order valence-corrected chi connectivity index (χ2v) is 14.7. The third-order valence-electron chi connectivity index (χ3n) is 9.48. The first-order chi connectivity index (χ1) is 19.3. The molecule has 2 aliphatic rings. The number of benzene rings is 4. The first-order valence-electron chi connectivity index (χ1n) is 15.2. The number of allylic oxidation sites excluding steroid dienone is 2. The third kappa shape index (κ3) is 5.03. The molecule has 0 saturated carbocycles. The van der Waals surface area contributed by atoms with Gasteiger partial charge in [0.2, 0.25) is 0 Å². The second-order valence-electron chi connectivity index (χ2n) is 14.7. The van der Waals surface area contributed by atoms with E-state index in [1.165, 1.54) is 66.8 Å². The van der Waals surface area contributed by atoms with E-state index in [2.05, 4.69) is 152 Å². The van der Waals surface area contributed by atoms with Crippen LogP contribution in [0.1, 0.15) is 88.8 Å². The summed E-state index contributed by atoms with van der Waals surface area (Å²) in [6.45, 7) is 18.6. The molecule has 0 bridgehead atoms. The molecule has 0 aliphatic heterocycles. The van der Waals surface area contributed by atoms with Crippen molar-refractivity contribution in [3.05, 3.63) is 129 Å². The van der Waals surface area contributed by atoms with Crippen LogP contribution in [0.25, 0.3) is 34.4 Å². The Labute approximate surface area is 247 Å². The SMILES string of the molecule is CC(C)(C1=Cc2c(cccc2-c2cccc(C(C)(C)C)c2)C1)C1=Cc2c(cccc2-c2cccc(C(C)(C)C)c2)C1. The van der Waals surface area contributed by atoms with Gasteiger partial charge in [-0.05, 0) is 79.3 Å². The molecule has 0 spiro atoms. The minimum absolute atomic E-state index is 0.0207. The Balaban J connectivity index is 1.36. The van der Waals surface area contributed by atoms with Crippen molar-refractivity contribution in [3.8, 4) is 22.3 Å². The quantitative estimate of drug-likeness (QED) is 0.243. The van der Waals surface area contributed by atoms with Crippen LogP contribution in [0.15, 0.2) is 96.1 Å². The molecule has 0 heterocycles. The van der Waals surface area contributed by atoms with Gasteiger partial charge >= 0.3 is 0 Å². The molecule has 0 N–H and O–H groups in total. The van der Waals surface area contributed by atoms with E-state index in [1.807, 2.05) is 0 Å². The first-order valence-corrected chi connectivity index (χ1v) is 15.2. The van der Waals surface area contributed by atoms with Crippen LogP contribution in [0.4, 0.5) is 0 Å². The highest BCUT2D eigenvalue weighted by molar-refractivity contribution is 5.84. The molecule has 4 aromatic carbocycles. The molecule has 6 rings (SSSR count). The summed E-state index contributed by atoms with van der Waals surface area (Å²) in [6.07, 6.45) is 7.05. The van der Waals surface area contributed by atoms with E-state index in [0.717, 1.165) is 12.8 Å². The van der Waals surface area contributed by atoms with Gasteiger partial charge in [-0.25, -0.2) is 0 Å². The summed E-state index contributed by atoms with van der Waals surface area (Å²) in [6, 6.07) is 32.0. The Morgan fingerprint density at radius 3 is 1.24 bits per heavy atom. The van der Waals surface area contributed by atoms with Crippen molar-refractivity contribution in [3.63, 3.8) is 0 Å². The molecule has 0 nitrogen and oxygen atoms in total. The van der Waals surface area contributed by atoms with Gasteiger partial charge in [-0.15, -0.1) is 0 Å². The van der Waals surface area contributed by atoms with Crippen LogP contribution in [-0.2, 0) is 23.7 Å². The molecule has 41 heavy (non-hydrogen) atoms. The lowest BCUT2D eigenvalue weighted by Gasteiger charge is -2.28. The average molecular weight is 537 g/mol. The van der Waals surface area contributed by atoms with Gasteiger partial charge in [0.05, 0.1) is 0 Å². The largest absolute Gasteiger partial charge is 0.0614 e. The van der Waals surface area contributed by atoms with Crippen molar-refractivity contribution in [1.82, 2.24) is 0 Å². The third-order valence-corrected chi connectivity index (χ3v) is 9.48. The predicted octanol–water partition coefficient (Wildman–Crippen LogP) is 11.2. The molecule has 0 heteroatoms. The highest BCUT2D eigenvalue weighted by Crippen LogP contribution is 2.48. The summed E-state index contributed by atoms with van der Waals surface area (Å²) in [5.41, 5.74) is 17.1. The van der Waals surface area contributed by atoms with E-state index >= 15 is 0 Å². The first kappa shape index (κ1) is 27.5. The van der Waals surface area contributed by atoms with Crippen LogP contribution < -0.4 is 0 Å². The molecule has 0 saturated heterocycles. The van der Waals surface area contributed by atoms with Crippen molar-refractivity contribution < 1.29 is 0 Å². The highest BCUT2D eigenvalue weighted by atomic mass is 14.4. The normalized spacial score (nSPS) is 14.9. The van der Waals surface area contributed by atoms with E-state index in [1.54, 1.807) is 0 Å². The standard InChI is InChI=1S/C41H44/c1-39(2,3)31-17-9-13-27(21-31)35-19-11-15-29-23-33(25-37(29)35)41(7,8)34-24-30-16-12-20-36(38(30)26-34)28-14-10-18-32(22-28)40(4,5)6/h9-22,25-26H,23-24H2,1-8H3. The Kier molecular flexibility index (Phi) is 6.53. The van der Waals surface area contributed by atoms with Crippen LogP contribution in [0.3, 0.4) is 0 Å². The summed E-state index contributed by atoms with van der Waals surface area (Å²) >= 11 is 0. The number of fused-ring (bicyclic) bond motifs is 2. The van der Waals surface area contributed by atoms with Crippen molar-refractivity contribution in [1.29, 1.82) is 0 Å². The van der Waals surface area contributed by atoms with Crippen molar-refractivity contribution >= 4 is 12.2 Å². The fraction of sp³-hybridized carbons (Fsp3) is 0.317. The fourth-order valence-electron chi connectivity index (χ4n) is 6.56. The Hall–Kier alpha value is -3.64. The van der Waals surface area contributed by atoms with E-state index in [0.29, 0.717) is 0 Å². The van der Waals surface area contributed by atoms with Gasteiger partial charge in [0.15, 0.2) is 0 Å². The predicted molar refractivity (Wildman–Crippen MR) is 178 cm³/mol. The zero-order valence-corrected chi connectivity index (χ0v) is 26.2. The van der Waals surface area contributed by atoms with Crippen LogP contribution >= 0.6 is 0 Å². The van der Waals surface area contributed by atoms with E-state index in [-0.39, 0.29) is 16.2 Å². The maximum atomic E-state index is 2.51. The lowest BCUT2D eigenvalue weighted by molar-refractivity contribution is 0.526. The van der Waals surface area contributed by atoms with Crippen LogP contribution in [0, 0.1) is 5.41 Å². The topological polar surface area (TPSA) is 0 Å². The molecule has 0 fully saturated rings. The Morgan fingerprint density at radius 2 is 0.854 bits per heavy atom. The molecule has 0 atom stereocenters. The molecule has 0 radical (unpaired) electrons. The molecular weight excluding hydrogens is 492 g/mol. The van der Waals surface area contributed by atoms with Gasteiger partial charge in [-0.2, -0.15) is 0 Å². The highest BCUT2D eigenvalue weighted by Gasteiger charge is 2.34. The molecule has 0 unspecified atom stereocenters. The summed E-state index contributed by atoms with van der Waals surface area (Å²) < 4.78 is 0. The van der Waals surface area contributed by atoms with E-state index < -0.39 is 0 Å². The second kappa shape index (κ2) is 9.73. The lowest BCUT2D eigenvalue weighted by Crippen LogP contribution is -2.18. The van der Waals surface area contributed by atoms with Crippen LogP contribution in [0.5, 0.6) is 0 Å². The van der Waals surface area contributed by atoms with Gasteiger partial charge in [0.1, 0.15) is 0 Å². The van der Waals surface area contributed by atoms with Crippen molar-refractivity contribution in [2.75, 3.05) is 0 Å². The Morgan fingerprint density at radius 1 is 0.463 bits per heavy atom. The van der Waals surface area contributed by atoms with Crippen molar-refractivity contribution in [2.24, 2.45) is 5.41 Å². The Bertz CT molecular complexity index is 1580. The van der Waals surface area contributed by atoms with Gasteiger partial charge < -0.3 is 0 Å². The van der Waals surface area contributed by atoms with Gasteiger partial charge in [0, 0.05) is 5.41 Å². The zero-order chi connectivity index (χ0) is 29.2. The molecule has 2 aliphatic carbocycles.